The van der Waals surface area contributed by atoms with Gasteiger partial charge in [0.2, 0.25) is 0 Å². The van der Waals surface area contributed by atoms with Gasteiger partial charge < -0.3 is 4.74 Å². The van der Waals surface area contributed by atoms with E-state index in [1.165, 1.54) is 0 Å². The summed E-state index contributed by atoms with van der Waals surface area (Å²) < 4.78 is 8.61. The number of hydrogen-bond donors (Lipinski definition) is 0. The molecule has 0 saturated heterocycles. The first-order valence-electron chi connectivity index (χ1n) is 8.25. The lowest BCUT2D eigenvalue weighted by Gasteiger charge is -2.14. The molecule has 4 rings (SSSR count). The Balaban J connectivity index is 1.99. The number of rotatable bonds is 4. The highest BCUT2D eigenvalue weighted by Gasteiger charge is 2.17. The third-order valence-corrected chi connectivity index (χ3v) is 4.13. The normalized spacial score (nSPS) is 10.7. The average Bonchev–Trinajstić information content (AvgIpc) is 3.06. The van der Waals surface area contributed by atoms with Crippen LogP contribution in [0.2, 0.25) is 0 Å². The van der Waals surface area contributed by atoms with Crippen molar-refractivity contribution in [1.29, 1.82) is 0 Å². The Labute approximate surface area is 150 Å². The van der Waals surface area contributed by atoms with Crippen molar-refractivity contribution in [1.82, 2.24) is 14.3 Å². The van der Waals surface area contributed by atoms with Crippen LogP contribution in [0.25, 0.3) is 22.8 Å². The van der Waals surface area contributed by atoms with E-state index in [4.69, 9.17) is 4.74 Å². The molecule has 1 aromatic heterocycles. The first-order valence-corrected chi connectivity index (χ1v) is 8.25. The Hall–Kier alpha value is -3.60. The van der Waals surface area contributed by atoms with Crippen LogP contribution in [-0.4, -0.2) is 21.5 Å². The Morgan fingerprint density at radius 3 is 1.92 bits per heavy atom. The Kier molecular flexibility index (Phi) is 4.11. The Morgan fingerprint density at radius 2 is 1.31 bits per heavy atom. The predicted molar refractivity (Wildman–Crippen MR) is 101 cm³/mol. The van der Waals surface area contributed by atoms with Crippen LogP contribution in [0.5, 0.6) is 5.75 Å². The quantitative estimate of drug-likeness (QED) is 0.568. The van der Waals surface area contributed by atoms with Crippen LogP contribution in [0, 0.1) is 0 Å². The number of hydrogen-bond acceptors (Lipinski definition) is 3. The van der Waals surface area contributed by atoms with Crippen molar-refractivity contribution >= 4 is 0 Å². The number of ether oxygens (including phenoxy) is 1. The molecular weight excluding hydrogens is 326 g/mol. The molecule has 0 aliphatic heterocycles. The molecule has 26 heavy (non-hydrogen) atoms. The third kappa shape index (κ3) is 2.80. The summed E-state index contributed by atoms with van der Waals surface area (Å²) in [4.78, 5) is 17.1. The van der Waals surface area contributed by atoms with Gasteiger partial charge in [-0.3, -0.25) is 0 Å². The van der Waals surface area contributed by atoms with Crippen LogP contribution in [0.15, 0.2) is 89.7 Å². The van der Waals surface area contributed by atoms with Crippen LogP contribution in [0.3, 0.4) is 0 Å². The van der Waals surface area contributed by atoms with Gasteiger partial charge >= 0.3 is 5.69 Å². The van der Waals surface area contributed by atoms with Crippen LogP contribution in [0.1, 0.15) is 0 Å². The summed E-state index contributed by atoms with van der Waals surface area (Å²) in [7, 11) is 1.61. The summed E-state index contributed by atoms with van der Waals surface area (Å²) in [6.07, 6.45) is 0. The lowest BCUT2D eigenvalue weighted by atomic mass is 10.2. The maximum atomic E-state index is 12.8. The average molecular weight is 343 g/mol. The van der Waals surface area contributed by atoms with Crippen LogP contribution >= 0.6 is 0 Å². The molecule has 5 heteroatoms. The number of methoxy groups -OCH3 is 1. The number of nitrogens with zero attached hydrogens (tertiary/aromatic N) is 3. The fourth-order valence-electron chi connectivity index (χ4n) is 2.90. The van der Waals surface area contributed by atoms with Gasteiger partial charge in [0, 0.05) is 5.56 Å². The van der Waals surface area contributed by atoms with E-state index in [1.54, 1.807) is 11.8 Å². The van der Waals surface area contributed by atoms with Crippen molar-refractivity contribution in [3.05, 3.63) is 95.4 Å². The zero-order valence-corrected chi connectivity index (χ0v) is 14.2. The molecule has 0 saturated carbocycles. The highest BCUT2D eigenvalue weighted by Crippen LogP contribution is 2.22. The van der Waals surface area contributed by atoms with E-state index in [-0.39, 0.29) is 5.69 Å². The minimum atomic E-state index is -0.335. The second-order valence-electron chi connectivity index (χ2n) is 5.74. The second kappa shape index (κ2) is 6.72. The van der Waals surface area contributed by atoms with E-state index in [2.05, 4.69) is 4.98 Å². The molecule has 0 fully saturated rings. The Morgan fingerprint density at radius 1 is 0.731 bits per heavy atom. The third-order valence-electron chi connectivity index (χ3n) is 4.13. The summed E-state index contributed by atoms with van der Waals surface area (Å²) >= 11 is 0. The van der Waals surface area contributed by atoms with Crippen LogP contribution in [0.4, 0.5) is 0 Å². The first kappa shape index (κ1) is 15.9. The van der Waals surface area contributed by atoms with Gasteiger partial charge in [-0.25, -0.2) is 9.48 Å². The highest BCUT2D eigenvalue weighted by atomic mass is 16.5. The molecule has 0 bridgehead atoms. The summed E-state index contributed by atoms with van der Waals surface area (Å²) in [6.45, 7) is 0. The number of aromatic nitrogens is 3. The second-order valence-corrected chi connectivity index (χ2v) is 5.74. The van der Waals surface area contributed by atoms with Gasteiger partial charge in [0.25, 0.3) is 0 Å². The molecule has 0 radical (unpaired) electrons. The van der Waals surface area contributed by atoms with Crippen molar-refractivity contribution < 1.29 is 4.74 Å². The molecule has 128 valence electrons. The fourth-order valence-corrected chi connectivity index (χ4v) is 2.90. The van der Waals surface area contributed by atoms with Crippen molar-refractivity contribution in [2.45, 2.75) is 0 Å². The minimum Gasteiger partial charge on any atom is -0.497 e. The number of benzene rings is 3. The standard InChI is InChI=1S/C21H17N3O2/c1-26-19-14-12-18(13-15-19)24-21(25)22-20(16-8-4-2-5-9-16)23(24)17-10-6-3-7-11-17/h2-15H,1H3. The van der Waals surface area contributed by atoms with E-state index in [9.17, 15) is 4.79 Å². The van der Waals surface area contributed by atoms with Crippen molar-refractivity contribution in [2.24, 2.45) is 0 Å². The zero-order valence-electron chi connectivity index (χ0n) is 14.2. The van der Waals surface area contributed by atoms with E-state index in [0.717, 1.165) is 17.0 Å². The highest BCUT2D eigenvalue weighted by molar-refractivity contribution is 5.58. The minimum absolute atomic E-state index is 0.335. The maximum absolute atomic E-state index is 12.8. The molecule has 5 nitrogen and oxygen atoms in total. The van der Waals surface area contributed by atoms with Crippen molar-refractivity contribution in [3.8, 4) is 28.5 Å². The summed E-state index contributed by atoms with van der Waals surface area (Å²) in [6, 6.07) is 26.8. The molecule has 1 heterocycles. The van der Waals surface area contributed by atoms with Gasteiger partial charge in [-0.1, -0.05) is 48.5 Å². The van der Waals surface area contributed by atoms with E-state index >= 15 is 0 Å². The molecule has 0 N–H and O–H groups in total. The lowest BCUT2D eigenvalue weighted by molar-refractivity contribution is 0.414. The van der Waals surface area contributed by atoms with E-state index < -0.39 is 0 Å². The maximum Gasteiger partial charge on any atom is 0.369 e. The van der Waals surface area contributed by atoms with Crippen molar-refractivity contribution in [2.75, 3.05) is 7.11 Å². The van der Waals surface area contributed by atoms with Gasteiger partial charge in [0.1, 0.15) is 5.75 Å². The fraction of sp³-hybridized carbons (Fsp3) is 0.0476. The monoisotopic (exact) mass is 343 g/mol. The van der Waals surface area contributed by atoms with Crippen LogP contribution < -0.4 is 10.4 Å². The molecule has 0 spiro atoms. The first-order chi connectivity index (χ1) is 12.8. The summed E-state index contributed by atoms with van der Waals surface area (Å²) in [5.74, 6) is 1.33. The molecule has 0 aliphatic rings. The van der Waals surface area contributed by atoms with Gasteiger partial charge in [-0.05, 0) is 36.4 Å². The topological polar surface area (TPSA) is 49.1 Å². The molecule has 0 unspecified atom stereocenters. The Bertz CT molecular complexity index is 1070. The molecule has 0 atom stereocenters. The van der Waals surface area contributed by atoms with Gasteiger partial charge in [-0.15, -0.1) is 0 Å². The van der Waals surface area contributed by atoms with Gasteiger partial charge in [-0.2, -0.15) is 9.67 Å². The zero-order chi connectivity index (χ0) is 17.9. The van der Waals surface area contributed by atoms with Crippen LogP contribution in [-0.2, 0) is 0 Å². The van der Waals surface area contributed by atoms with Gasteiger partial charge in [0.05, 0.1) is 18.5 Å². The molecule has 3 aromatic carbocycles. The molecule has 0 amide bonds. The number of para-hydroxylation sites is 1. The largest absolute Gasteiger partial charge is 0.497 e. The SMILES string of the molecule is COc1ccc(-n2c(=O)nc(-c3ccccc3)n2-c2ccccc2)cc1. The molecule has 0 aliphatic carbocycles. The van der Waals surface area contributed by atoms with Crippen molar-refractivity contribution in [3.63, 3.8) is 0 Å². The smallest absolute Gasteiger partial charge is 0.369 e. The summed E-state index contributed by atoms with van der Waals surface area (Å²) in [5.41, 5.74) is 2.12. The molecular formula is C21H17N3O2. The van der Waals surface area contributed by atoms with E-state index in [0.29, 0.717) is 11.5 Å². The summed E-state index contributed by atoms with van der Waals surface area (Å²) in [5, 5.41) is 0. The molecule has 4 aromatic rings. The van der Waals surface area contributed by atoms with Gasteiger partial charge in [0.15, 0.2) is 5.82 Å². The lowest BCUT2D eigenvalue weighted by Crippen LogP contribution is -2.21. The van der Waals surface area contributed by atoms with E-state index in [1.807, 2.05) is 89.6 Å². The predicted octanol–water partition coefficient (Wildman–Crippen LogP) is 3.70.